The maximum Gasteiger partial charge on any atom is 0.0910 e. The van der Waals surface area contributed by atoms with Gasteiger partial charge in [-0.3, -0.25) is 4.68 Å². The van der Waals surface area contributed by atoms with Crippen LogP contribution in [0.4, 0.5) is 11.4 Å². The van der Waals surface area contributed by atoms with E-state index in [-0.39, 0.29) is 0 Å². The molecule has 1 aromatic carbocycles. The Bertz CT molecular complexity index is 535. The molecular formula is C15H22N4O. The lowest BCUT2D eigenvalue weighted by Gasteiger charge is -2.23. The topological polar surface area (TPSA) is 67.3 Å². The molecule has 0 bridgehead atoms. The van der Waals surface area contributed by atoms with E-state index in [0.717, 1.165) is 12.1 Å². The van der Waals surface area contributed by atoms with Gasteiger partial charge in [0.1, 0.15) is 0 Å². The van der Waals surface area contributed by atoms with E-state index in [0.29, 0.717) is 18.8 Å². The summed E-state index contributed by atoms with van der Waals surface area (Å²) >= 11 is 0. The zero-order valence-electron chi connectivity index (χ0n) is 12.0. The average molecular weight is 274 g/mol. The Labute approximate surface area is 119 Å². The van der Waals surface area contributed by atoms with Crippen LogP contribution in [0.1, 0.15) is 12.5 Å². The normalized spacial score (nSPS) is 12.3. The predicted octanol–water partition coefficient (Wildman–Crippen LogP) is 1.52. The van der Waals surface area contributed by atoms with Gasteiger partial charge in [-0.1, -0.05) is 19.1 Å². The van der Waals surface area contributed by atoms with Crippen molar-refractivity contribution < 1.29 is 5.11 Å². The summed E-state index contributed by atoms with van der Waals surface area (Å²) in [6, 6.07) is 8.40. The zero-order valence-corrected chi connectivity index (χ0v) is 12.0. The number of likely N-dealkylation sites (N-methyl/N-ethyl adjacent to an activating group) is 1. The SMILES string of the molecule is CCc1ccc(N(C)CC(O)Cn2cc(N)cn2)cc1. The number of aryl methyl sites for hydroxylation is 1. The predicted molar refractivity (Wildman–Crippen MR) is 81.7 cm³/mol. The molecule has 0 spiro atoms. The fourth-order valence-electron chi connectivity index (χ4n) is 2.16. The average Bonchev–Trinajstić information content (AvgIpc) is 2.84. The Hall–Kier alpha value is -2.01. The Balaban J connectivity index is 1.90. The van der Waals surface area contributed by atoms with Gasteiger partial charge in [-0.2, -0.15) is 5.10 Å². The lowest BCUT2D eigenvalue weighted by atomic mass is 10.1. The van der Waals surface area contributed by atoms with Crippen LogP contribution in [0.15, 0.2) is 36.7 Å². The van der Waals surface area contributed by atoms with Gasteiger partial charge in [0, 0.05) is 25.5 Å². The van der Waals surface area contributed by atoms with Gasteiger partial charge in [0.05, 0.1) is 24.5 Å². The van der Waals surface area contributed by atoms with Gasteiger partial charge >= 0.3 is 0 Å². The van der Waals surface area contributed by atoms with E-state index in [2.05, 4.69) is 36.3 Å². The monoisotopic (exact) mass is 274 g/mol. The summed E-state index contributed by atoms with van der Waals surface area (Å²) in [5.74, 6) is 0. The molecule has 5 heteroatoms. The number of rotatable bonds is 6. The molecule has 1 aromatic heterocycles. The van der Waals surface area contributed by atoms with Gasteiger partial charge < -0.3 is 15.7 Å². The van der Waals surface area contributed by atoms with E-state index in [4.69, 9.17) is 5.73 Å². The van der Waals surface area contributed by atoms with Crippen LogP contribution in [-0.4, -0.2) is 34.6 Å². The number of hydrogen-bond acceptors (Lipinski definition) is 4. The molecule has 1 unspecified atom stereocenters. The molecule has 5 nitrogen and oxygen atoms in total. The summed E-state index contributed by atoms with van der Waals surface area (Å²) in [4.78, 5) is 2.04. The van der Waals surface area contributed by atoms with Crippen LogP contribution in [0.2, 0.25) is 0 Å². The van der Waals surface area contributed by atoms with Crippen LogP contribution in [0, 0.1) is 0 Å². The molecular weight excluding hydrogens is 252 g/mol. The van der Waals surface area contributed by atoms with Crippen molar-refractivity contribution in [1.29, 1.82) is 0 Å². The summed E-state index contributed by atoms with van der Waals surface area (Å²) < 4.78 is 1.66. The number of nitrogens with zero attached hydrogens (tertiary/aromatic N) is 3. The Kier molecular flexibility index (Phi) is 4.63. The fourth-order valence-corrected chi connectivity index (χ4v) is 2.16. The summed E-state index contributed by atoms with van der Waals surface area (Å²) in [7, 11) is 1.97. The third-order valence-electron chi connectivity index (χ3n) is 3.32. The van der Waals surface area contributed by atoms with E-state index in [1.807, 2.05) is 11.9 Å². The molecule has 108 valence electrons. The van der Waals surface area contributed by atoms with Crippen molar-refractivity contribution in [3.05, 3.63) is 42.2 Å². The fraction of sp³-hybridized carbons (Fsp3) is 0.400. The first-order valence-corrected chi connectivity index (χ1v) is 6.84. The molecule has 0 saturated carbocycles. The van der Waals surface area contributed by atoms with E-state index in [9.17, 15) is 5.11 Å². The highest BCUT2D eigenvalue weighted by Gasteiger charge is 2.10. The molecule has 20 heavy (non-hydrogen) atoms. The molecule has 0 aliphatic rings. The number of hydrogen-bond donors (Lipinski definition) is 2. The van der Waals surface area contributed by atoms with E-state index in [1.165, 1.54) is 5.56 Å². The second-order valence-electron chi connectivity index (χ2n) is 5.05. The standard InChI is InChI=1S/C15H22N4O/c1-3-12-4-6-14(7-5-12)18(2)10-15(20)11-19-9-13(16)8-17-19/h4-9,15,20H,3,10-11,16H2,1-2H3. The van der Waals surface area contributed by atoms with Crippen LogP contribution in [0.25, 0.3) is 0 Å². The van der Waals surface area contributed by atoms with Crippen molar-refractivity contribution in [2.75, 3.05) is 24.2 Å². The molecule has 0 saturated heterocycles. The Morgan fingerprint density at radius 3 is 2.60 bits per heavy atom. The second-order valence-corrected chi connectivity index (χ2v) is 5.05. The van der Waals surface area contributed by atoms with E-state index >= 15 is 0 Å². The van der Waals surface area contributed by atoms with Gasteiger partial charge in [0.25, 0.3) is 0 Å². The van der Waals surface area contributed by atoms with Crippen LogP contribution >= 0.6 is 0 Å². The highest BCUT2D eigenvalue weighted by atomic mass is 16.3. The van der Waals surface area contributed by atoms with Crippen LogP contribution < -0.4 is 10.6 Å². The number of nitrogens with two attached hydrogens (primary N) is 1. The van der Waals surface area contributed by atoms with E-state index < -0.39 is 6.10 Å². The molecule has 1 atom stereocenters. The summed E-state index contributed by atoms with van der Waals surface area (Å²) in [5, 5.41) is 14.2. The molecule has 0 fully saturated rings. The molecule has 1 heterocycles. The molecule has 0 aliphatic heterocycles. The number of benzene rings is 1. The lowest BCUT2D eigenvalue weighted by Crippen LogP contribution is -2.32. The van der Waals surface area contributed by atoms with E-state index in [1.54, 1.807) is 17.1 Å². The number of nitrogen functional groups attached to an aromatic ring is 1. The zero-order chi connectivity index (χ0) is 14.5. The van der Waals surface area contributed by atoms with Crippen molar-refractivity contribution in [2.45, 2.75) is 26.0 Å². The molecule has 2 aromatic rings. The first-order valence-electron chi connectivity index (χ1n) is 6.84. The van der Waals surface area contributed by atoms with Crippen molar-refractivity contribution >= 4 is 11.4 Å². The number of aliphatic hydroxyl groups excluding tert-OH is 1. The largest absolute Gasteiger partial charge is 0.396 e. The first kappa shape index (κ1) is 14.4. The number of aliphatic hydroxyl groups is 1. The quantitative estimate of drug-likeness (QED) is 0.838. The number of aromatic nitrogens is 2. The third kappa shape index (κ3) is 3.74. The first-order chi connectivity index (χ1) is 9.58. The van der Waals surface area contributed by atoms with Crippen molar-refractivity contribution in [3.8, 4) is 0 Å². The maximum atomic E-state index is 10.1. The minimum absolute atomic E-state index is 0.439. The molecule has 3 N–H and O–H groups in total. The summed E-state index contributed by atoms with van der Waals surface area (Å²) in [6.07, 6.45) is 3.84. The van der Waals surface area contributed by atoms with Crippen molar-refractivity contribution in [1.82, 2.24) is 9.78 Å². The van der Waals surface area contributed by atoms with Gasteiger partial charge in [-0.15, -0.1) is 0 Å². The van der Waals surface area contributed by atoms with Gasteiger partial charge in [-0.25, -0.2) is 0 Å². The number of anilines is 2. The van der Waals surface area contributed by atoms with Crippen LogP contribution in [0.5, 0.6) is 0 Å². The van der Waals surface area contributed by atoms with Gasteiger partial charge in [0.2, 0.25) is 0 Å². The minimum Gasteiger partial charge on any atom is -0.396 e. The van der Waals surface area contributed by atoms with Crippen LogP contribution in [-0.2, 0) is 13.0 Å². The molecule has 0 amide bonds. The van der Waals surface area contributed by atoms with Crippen LogP contribution in [0.3, 0.4) is 0 Å². The molecule has 0 aliphatic carbocycles. The van der Waals surface area contributed by atoms with Gasteiger partial charge in [0.15, 0.2) is 0 Å². The summed E-state index contributed by atoms with van der Waals surface area (Å²) in [6.45, 7) is 3.12. The smallest absolute Gasteiger partial charge is 0.0910 e. The molecule has 0 radical (unpaired) electrons. The highest BCUT2D eigenvalue weighted by molar-refractivity contribution is 5.47. The van der Waals surface area contributed by atoms with Crippen molar-refractivity contribution in [2.24, 2.45) is 0 Å². The third-order valence-corrected chi connectivity index (χ3v) is 3.32. The Morgan fingerprint density at radius 1 is 1.35 bits per heavy atom. The van der Waals surface area contributed by atoms with Gasteiger partial charge in [-0.05, 0) is 24.1 Å². The second kappa shape index (κ2) is 6.43. The Morgan fingerprint density at radius 2 is 2.05 bits per heavy atom. The summed E-state index contributed by atoms with van der Waals surface area (Å²) in [5.41, 5.74) is 8.62. The maximum absolute atomic E-state index is 10.1. The lowest BCUT2D eigenvalue weighted by molar-refractivity contribution is 0.156. The van der Waals surface area contributed by atoms with Crippen molar-refractivity contribution in [3.63, 3.8) is 0 Å². The molecule has 2 rings (SSSR count). The highest BCUT2D eigenvalue weighted by Crippen LogP contribution is 2.14. The minimum atomic E-state index is -0.495.